The summed E-state index contributed by atoms with van der Waals surface area (Å²) >= 11 is 0. The second kappa shape index (κ2) is 26.2. The molecular formula is C28H55NO. The molecule has 2 nitrogen and oxygen atoms in total. The first-order valence-corrected chi connectivity index (χ1v) is 13.7. The van der Waals surface area contributed by atoms with Crippen LogP contribution in [0.2, 0.25) is 0 Å². The highest BCUT2D eigenvalue weighted by Crippen LogP contribution is 2.13. The van der Waals surface area contributed by atoms with Gasteiger partial charge in [-0.2, -0.15) is 0 Å². The SMILES string of the molecule is C=CCCCCCCCC(=O)NCCCCCCCCCCCCCCCCCC. The third kappa shape index (κ3) is 25.2. The lowest BCUT2D eigenvalue weighted by Crippen LogP contribution is -2.23. The molecule has 0 atom stereocenters. The lowest BCUT2D eigenvalue weighted by atomic mass is 10.0. The van der Waals surface area contributed by atoms with Crippen LogP contribution >= 0.6 is 0 Å². The predicted molar refractivity (Wildman–Crippen MR) is 135 cm³/mol. The lowest BCUT2D eigenvalue weighted by molar-refractivity contribution is -0.121. The molecule has 0 aromatic heterocycles. The van der Waals surface area contributed by atoms with Crippen molar-refractivity contribution in [2.45, 2.75) is 155 Å². The van der Waals surface area contributed by atoms with Gasteiger partial charge >= 0.3 is 0 Å². The number of carbonyl (C=O) groups is 1. The van der Waals surface area contributed by atoms with E-state index in [2.05, 4.69) is 18.8 Å². The molecular weight excluding hydrogens is 366 g/mol. The van der Waals surface area contributed by atoms with Crippen LogP contribution in [0.3, 0.4) is 0 Å². The van der Waals surface area contributed by atoms with Gasteiger partial charge in [-0.1, -0.05) is 129 Å². The number of nitrogens with one attached hydrogen (secondary N) is 1. The fraction of sp³-hybridized carbons (Fsp3) is 0.893. The van der Waals surface area contributed by atoms with Gasteiger partial charge in [0, 0.05) is 13.0 Å². The van der Waals surface area contributed by atoms with Crippen LogP contribution in [0, 0.1) is 0 Å². The molecule has 0 aliphatic carbocycles. The minimum atomic E-state index is 0.252. The molecule has 30 heavy (non-hydrogen) atoms. The van der Waals surface area contributed by atoms with Crippen molar-refractivity contribution in [3.05, 3.63) is 12.7 Å². The number of unbranched alkanes of at least 4 members (excludes halogenated alkanes) is 20. The molecule has 0 aromatic carbocycles. The summed E-state index contributed by atoms with van der Waals surface area (Å²) < 4.78 is 0. The molecule has 0 bridgehead atoms. The van der Waals surface area contributed by atoms with Crippen molar-refractivity contribution in [3.63, 3.8) is 0 Å². The summed E-state index contributed by atoms with van der Waals surface area (Å²) in [7, 11) is 0. The van der Waals surface area contributed by atoms with E-state index in [9.17, 15) is 4.79 Å². The smallest absolute Gasteiger partial charge is 0.219 e. The van der Waals surface area contributed by atoms with Crippen molar-refractivity contribution >= 4 is 5.91 Å². The van der Waals surface area contributed by atoms with Gasteiger partial charge in [-0.25, -0.2) is 0 Å². The minimum Gasteiger partial charge on any atom is -0.356 e. The quantitative estimate of drug-likeness (QED) is 0.115. The largest absolute Gasteiger partial charge is 0.356 e. The Bertz CT molecular complexity index is 353. The Balaban J connectivity index is 3.11. The molecule has 178 valence electrons. The van der Waals surface area contributed by atoms with Crippen LogP contribution in [0.5, 0.6) is 0 Å². The molecule has 0 saturated heterocycles. The molecule has 0 aliphatic rings. The summed E-state index contributed by atoms with van der Waals surface area (Å²) in [5.41, 5.74) is 0. The Morgan fingerprint density at radius 1 is 0.600 bits per heavy atom. The summed E-state index contributed by atoms with van der Waals surface area (Å²) in [6, 6.07) is 0. The fourth-order valence-corrected chi connectivity index (χ4v) is 4.09. The molecule has 2 heteroatoms. The molecule has 1 amide bonds. The van der Waals surface area contributed by atoms with Gasteiger partial charge in [-0.05, 0) is 25.7 Å². The van der Waals surface area contributed by atoms with Crippen molar-refractivity contribution < 1.29 is 4.79 Å². The van der Waals surface area contributed by atoms with Crippen LogP contribution in [0.4, 0.5) is 0 Å². The van der Waals surface area contributed by atoms with Gasteiger partial charge in [0.15, 0.2) is 0 Å². The maximum atomic E-state index is 11.8. The normalized spacial score (nSPS) is 11.0. The third-order valence-electron chi connectivity index (χ3n) is 6.16. The van der Waals surface area contributed by atoms with E-state index in [-0.39, 0.29) is 5.91 Å². The Morgan fingerprint density at radius 2 is 1.00 bits per heavy atom. The van der Waals surface area contributed by atoms with E-state index in [1.165, 1.54) is 122 Å². The highest BCUT2D eigenvalue weighted by atomic mass is 16.1. The highest BCUT2D eigenvalue weighted by Gasteiger charge is 2.00. The molecule has 0 rings (SSSR count). The average Bonchev–Trinajstić information content (AvgIpc) is 2.75. The van der Waals surface area contributed by atoms with Gasteiger partial charge < -0.3 is 5.32 Å². The Morgan fingerprint density at radius 3 is 1.47 bits per heavy atom. The standard InChI is InChI=1S/C28H55NO/c1-3-5-7-9-11-12-13-14-15-16-17-18-19-21-23-25-27-29-28(30)26-24-22-20-10-8-6-4-2/h4H,2-3,5-27H2,1H3,(H,29,30). The summed E-state index contributed by atoms with van der Waals surface area (Å²) in [4.78, 5) is 11.8. The summed E-state index contributed by atoms with van der Waals surface area (Å²) in [5.74, 6) is 0.252. The first-order valence-electron chi connectivity index (χ1n) is 13.7. The van der Waals surface area contributed by atoms with Crippen LogP contribution in [0.25, 0.3) is 0 Å². The predicted octanol–water partition coefficient (Wildman–Crippen LogP) is 9.28. The van der Waals surface area contributed by atoms with Crippen molar-refractivity contribution in [2.24, 2.45) is 0 Å². The maximum absolute atomic E-state index is 11.8. The molecule has 1 N–H and O–H groups in total. The topological polar surface area (TPSA) is 29.1 Å². The highest BCUT2D eigenvalue weighted by molar-refractivity contribution is 5.75. The number of amides is 1. The number of allylic oxidation sites excluding steroid dienone is 1. The number of hydrogen-bond acceptors (Lipinski definition) is 1. The molecule has 0 heterocycles. The first kappa shape index (κ1) is 29.2. The van der Waals surface area contributed by atoms with Crippen molar-refractivity contribution in [3.8, 4) is 0 Å². The van der Waals surface area contributed by atoms with Crippen LogP contribution in [-0.4, -0.2) is 12.5 Å². The van der Waals surface area contributed by atoms with Crippen LogP contribution in [0.15, 0.2) is 12.7 Å². The van der Waals surface area contributed by atoms with E-state index in [1.54, 1.807) is 0 Å². The first-order chi connectivity index (χ1) is 14.8. The summed E-state index contributed by atoms with van der Waals surface area (Å²) in [6.07, 6.45) is 32.1. The van der Waals surface area contributed by atoms with E-state index in [0.29, 0.717) is 6.42 Å². The van der Waals surface area contributed by atoms with Gasteiger partial charge in [-0.15, -0.1) is 6.58 Å². The second-order valence-corrected chi connectivity index (χ2v) is 9.25. The van der Waals surface area contributed by atoms with Gasteiger partial charge in [0.2, 0.25) is 5.91 Å². The summed E-state index contributed by atoms with van der Waals surface area (Å²) in [5, 5.41) is 3.09. The Hall–Kier alpha value is -0.790. The molecule has 0 aromatic rings. The molecule has 0 unspecified atom stereocenters. The van der Waals surface area contributed by atoms with Gasteiger partial charge in [-0.3, -0.25) is 4.79 Å². The van der Waals surface area contributed by atoms with Crippen molar-refractivity contribution in [1.29, 1.82) is 0 Å². The van der Waals surface area contributed by atoms with E-state index in [1.807, 2.05) is 6.08 Å². The Kier molecular flexibility index (Phi) is 25.6. The van der Waals surface area contributed by atoms with Gasteiger partial charge in [0.05, 0.1) is 0 Å². The number of rotatable bonds is 25. The molecule has 0 aliphatic heterocycles. The molecule has 0 spiro atoms. The van der Waals surface area contributed by atoms with E-state index in [4.69, 9.17) is 0 Å². The summed E-state index contributed by atoms with van der Waals surface area (Å²) in [6.45, 7) is 6.91. The zero-order chi connectivity index (χ0) is 22.0. The fourth-order valence-electron chi connectivity index (χ4n) is 4.09. The second-order valence-electron chi connectivity index (χ2n) is 9.25. The number of carbonyl (C=O) groups excluding carboxylic acids is 1. The lowest BCUT2D eigenvalue weighted by Gasteiger charge is -2.06. The van der Waals surface area contributed by atoms with Crippen LogP contribution in [0.1, 0.15) is 155 Å². The van der Waals surface area contributed by atoms with E-state index < -0.39 is 0 Å². The number of hydrogen-bond donors (Lipinski definition) is 1. The van der Waals surface area contributed by atoms with Crippen molar-refractivity contribution in [1.82, 2.24) is 5.32 Å². The van der Waals surface area contributed by atoms with Crippen LogP contribution in [-0.2, 0) is 4.79 Å². The third-order valence-corrected chi connectivity index (χ3v) is 6.16. The van der Waals surface area contributed by atoms with E-state index in [0.717, 1.165) is 25.8 Å². The van der Waals surface area contributed by atoms with Gasteiger partial charge in [0.1, 0.15) is 0 Å². The molecule has 0 saturated carbocycles. The van der Waals surface area contributed by atoms with Crippen LogP contribution < -0.4 is 5.32 Å². The maximum Gasteiger partial charge on any atom is 0.219 e. The molecule has 0 fully saturated rings. The minimum absolute atomic E-state index is 0.252. The zero-order valence-corrected chi connectivity index (χ0v) is 20.7. The zero-order valence-electron chi connectivity index (χ0n) is 20.7. The molecule has 0 radical (unpaired) electrons. The Labute approximate surface area is 190 Å². The van der Waals surface area contributed by atoms with Gasteiger partial charge in [0.25, 0.3) is 0 Å². The van der Waals surface area contributed by atoms with E-state index >= 15 is 0 Å². The monoisotopic (exact) mass is 421 g/mol. The van der Waals surface area contributed by atoms with Crippen molar-refractivity contribution in [2.75, 3.05) is 6.54 Å². The average molecular weight is 422 g/mol.